The van der Waals surface area contributed by atoms with Crippen LogP contribution in [-0.4, -0.2) is 41.7 Å². The number of aliphatic hydroxyl groups is 2. The Kier molecular flexibility index (Phi) is 9.32. The molecule has 0 saturated carbocycles. The second-order valence-corrected chi connectivity index (χ2v) is 8.39. The van der Waals surface area contributed by atoms with Gasteiger partial charge < -0.3 is 19.7 Å². The molecule has 2 aromatic rings. The largest absolute Gasteiger partial charge is 0.394 e. The number of hydrogen-bond acceptors (Lipinski definition) is 4. The monoisotopic (exact) mass is 436 g/mol. The van der Waals surface area contributed by atoms with Crippen molar-refractivity contribution in [2.45, 2.75) is 77.3 Å². The molecule has 172 valence electrons. The molecule has 0 radical (unpaired) electrons. The van der Waals surface area contributed by atoms with E-state index in [1.807, 2.05) is 13.8 Å². The lowest BCUT2D eigenvalue weighted by molar-refractivity contribution is -0.113. The fraction of sp³-hybridized carbons (Fsp3) is 0.500. The minimum Gasteiger partial charge on any atom is -0.394 e. The van der Waals surface area contributed by atoms with Crippen molar-refractivity contribution in [3.05, 3.63) is 70.3 Å². The summed E-state index contributed by atoms with van der Waals surface area (Å²) in [6.07, 6.45) is 3.19. The fourth-order valence-corrected chi connectivity index (χ4v) is 4.19. The maximum absolute atomic E-state index is 10.1. The Labute approximate surface area is 192 Å². The van der Waals surface area contributed by atoms with Crippen LogP contribution in [0.4, 0.5) is 0 Å². The SMILES string of the molecule is CC.Cc1ccc([C@H]2C[C@@H](O)C[C@@H](CO)O2)cc1Cc1ccc(C#C[C@@H]2CCCO2)cc1. The average Bonchev–Trinajstić information content (AvgIpc) is 3.34. The molecule has 2 aliphatic rings. The van der Waals surface area contributed by atoms with E-state index in [1.165, 1.54) is 16.7 Å². The zero-order chi connectivity index (χ0) is 22.9. The summed E-state index contributed by atoms with van der Waals surface area (Å²) in [6.45, 7) is 6.88. The minimum absolute atomic E-state index is 0.0611. The Hall–Kier alpha value is -2.16. The Morgan fingerprint density at radius 2 is 1.84 bits per heavy atom. The molecule has 4 rings (SSSR count). The average molecular weight is 437 g/mol. The summed E-state index contributed by atoms with van der Waals surface area (Å²) in [5, 5.41) is 19.6. The zero-order valence-electron chi connectivity index (χ0n) is 19.5. The van der Waals surface area contributed by atoms with E-state index >= 15 is 0 Å². The predicted molar refractivity (Wildman–Crippen MR) is 128 cm³/mol. The number of aliphatic hydroxyl groups excluding tert-OH is 2. The molecule has 0 bridgehead atoms. The molecule has 0 unspecified atom stereocenters. The first kappa shape index (κ1) is 24.5. The van der Waals surface area contributed by atoms with Crippen LogP contribution in [0.15, 0.2) is 42.5 Å². The molecule has 2 aliphatic heterocycles. The Morgan fingerprint density at radius 1 is 1.06 bits per heavy atom. The third-order valence-electron chi connectivity index (χ3n) is 5.98. The van der Waals surface area contributed by atoms with Gasteiger partial charge in [0.15, 0.2) is 0 Å². The van der Waals surface area contributed by atoms with E-state index in [0.29, 0.717) is 12.8 Å². The molecule has 2 fully saturated rings. The number of aryl methyl sites for hydroxylation is 1. The van der Waals surface area contributed by atoms with E-state index in [9.17, 15) is 10.2 Å². The lowest BCUT2D eigenvalue weighted by Gasteiger charge is -2.32. The van der Waals surface area contributed by atoms with Gasteiger partial charge >= 0.3 is 0 Å². The third-order valence-corrected chi connectivity index (χ3v) is 5.98. The summed E-state index contributed by atoms with van der Waals surface area (Å²) in [5.74, 6) is 6.43. The Bertz CT molecular complexity index is 903. The molecule has 4 nitrogen and oxygen atoms in total. The van der Waals surface area contributed by atoms with Crippen LogP contribution in [0.3, 0.4) is 0 Å². The topological polar surface area (TPSA) is 58.9 Å². The number of rotatable bonds is 4. The van der Waals surface area contributed by atoms with Crippen molar-refractivity contribution < 1.29 is 19.7 Å². The maximum Gasteiger partial charge on any atom is 0.118 e. The van der Waals surface area contributed by atoms with E-state index in [2.05, 4.69) is 61.2 Å². The van der Waals surface area contributed by atoms with Gasteiger partial charge in [-0.25, -0.2) is 0 Å². The summed E-state index contributed by atoms with van der Waals surface area (Å²) in [6, 6.07) is 14.8. The molecule has 2 heterocycles. The number of hydrogen-bond donors (Lipinski definition) is 2. The predicted octanol–water partition coefficient (Wildman–Crippen LogP) is 4.72. The van der Waals surface area contributed by atoms with Crippen LogP contribution >= 0.6 is 0 Å². The van der Waals surface area contributed by atoms with Gasteiger partial charge in [-0.15, -0.1) is 0 Å². The second-order valence-electron chi connectivity index (χ2n) is 8.39. The first-order chi connectivity index (χ1) is 15.6. The van der Waals surface area contributed by atoms with E-state index in [4.69, 9.17) is 9.47 Å². The molecule has 2 aromatic carbocycles. The normalized spacial score (nSPS) is 24.8. The van der Waals surface area contributed by atoms with Crippen molar-refractivity contribution in [3.8, 4) is 11.8 Å². The van der Waals surface area contributed by atoms with E-state index < -0.39 is 6.10 Å². The van der Waals surface area contributed by atoms with Gasteiger partial charge in [0.1, 0.15) is 6.10 Å². The highest BCUT2D eigenvalue weighted by Crippen LogP contribution is 2.32. The Morgan fingerprint density at radius 3 is 2.53 bits per heavy atom. The summed E-state index contributed by atoms with van der Waals surface area (Å²) in [7, 11) is 0. The number of benzene rings is 2. The molecule has 0 amide bonds. The van der Waals surface area contributed by atoms with Crippen molar-refractivity contribution in [2.24, 2.45) is 0 Å². The van der Waals surface area contributed by atoms with Gasteiger partial charge in [-0.05, 0) is 60.6 Å². The van der Waals surface area contributed by atoms with Gasteiger partial charge in [0.05, 0.1) is 24.9 Å². The maximum atomic E-state index is 10.1. The van der Waals surface area contributed by atoms with Crippen molar-refractivity contribution >= 4 is 0 Å². The van der Waals surface area contributed by atoms with Crippen molar-refractivity contribution in [2.75, 3.05) is 13.2 Å². The fourth-order valence-electron chi connectivity index (χ4n) is 4.19. The molecule has 4 heteroatoms. The molecule has 32 heavy (non-hydrogen) atoms. The van der Waals surface area contributed by atoms with E-state index in [-0.39, 0.29) is 24.9 Å². The van der Waals surface area contributed by atoms with Crippen LogP contribution in [0.5, 0.6) is 0 Å². The van der Waals surface area contributed by atoms with Crippen LogP contribution in [0.2, 0.25) is 0 Å². The lowest BCUT2D eigenvalue weighted by Crippen LogP contribution is -2.33. The summed E-state index contributed by atoms with van der Waals surface area (Å²) >= 11 is 0. The van der Waals surface area contributed by atoms with Gasteiger partial charge in [-0.1, -0.05) is 56.0 Å². The van der Waals surface area contributed by atoms with Crippen LogP contribution in [0, 0.1) is 18.8 Å². The first-order valence-corrected chi connectivity index (χ1v) is 11.9. The molecular weight excluding hydrogens is 400 g/mol. The highest BCUT2D eigenvalue weighted by Gasteiger charge is 2.29. The van der Waals surface area contributed by atoms with Crippen molar-refractivity contribution in [1.29, 1.82) is 0 Å². The summed E-state index contributed by atoms with van der Waals surface area (Å²) in [5.41, 5.74) is 5.79. The highest BCUT2D eigenvalue weighted by molar-refractivity contribution is 5.40. The third kappa shape index (κ3) is 6.67. The second kappa shape index (κ2) is 12.2. The Balaban J connectivity index is 0.00000141. The molecule has 0 aromatic heterocycles. The van der Waals surface area contributed by atoms with Crippen molar-refractivity contribution in [1.82, 2.24) is 0 Å². The van der Waals surface area contributed by atoms with Gasteiger partial charge in [0.25, 0.3) is 0 Å². The van der Waals surface area contributed by atoms with Crippen LogP contribution < -0.4 is 0 Å². The van der Waals surface area contributed by atoms with Crippen molar-refractivity contribution in [3.63, 3.8) is 0 Å². The smallest absolute Gasteiger partial charge is 0.118 e. The van der Waals surface area contributed by atoms with E-state index in [0.717, 1.165) is 37.0 Å². The zero-order valence-corrected chi connectivity index (χ0v) is 19.5. The molecule has 4 atom stereocenters. The van der Waals surface area contributed by atoms with E-state index in [1.54, 1.807) is 0 Å². The van der Waals surface area contributed by atoms with Gasteiger partial charge in [-0.3, -0.25) is 0 Å². The lowest BCUT2D eigenvalue weighted by atomic mass is 9.92. The first-order valence-electron chi connectivity index (χ1n) is 11.9. The van der Waals surface area contributed by atoms with Crippen LogP contribution in [-0.2, 0) is 15.9 Å². The quantitative estimate of drug-likeness (QED) is 0.681. The highest BCUT2D eigenvalue weighted by atomic mass is 16.5. The van der Waals surface area contributed by atoms with Gasteiger partial charge in [-0.2, -0.15) is 0 Å². The van der Waals surface area contributed by atoms with Crippen LogP contribution in [0.1, 0.15) is 73.5 Å². The molecule has 0 aliphatic carbocycles. The summed E-state index contributed by atoms with van der Waals surface area (Å²) < 4.78 is 11.5. The minimum atomic E-state index is -0.436. The van der Waals surface area contributed by atoms with Crippen LogP contribution in [0.25, 0.3) is 0 Å². The molecule has 2 N–H and O–H groups in total. The molecular formula is C28H36O4. The standard InChI is InChI=1S/C26H30O4.C2H6/c1-18-4-10-21(26-16-23(28)15-25(17-27)30-26)14-22(18)13-20-7-5-19(6-8-20)9-11-24-3-2-12-29-24;1-2/h4-8,10,14,23-28H,2-3,12-13,15-17H2,1H3;1-2H3/t23-,24-,25-,26+;/m0./s1. The number of ether oxygens (including phenoxy) is 2. The molecule has 0 spiro atoms. The van der Waals surface area contributed by atoms with Gasteiger partial charge in [0, 0.05) is 25.0 Å². The summed E-state index contributed by atoms with van der Waals surface area (Å²) in [4.78, 5) is 0. The molecule has 2 saturated heterocycles. The van der Waals surface area contributed by atoms with Gasteiger partial charge in [0.2, 0.25) is 0 Å².